The van der Waals surface area contributed by atoms with Crippen molar-refractivity contribution in [3.63, 3.8) is 0 Å². The van der Waals surface area contributed by atoms with Crippen molar-refractivity contribution in [1.82, 2.24) is 0 Å². The second-order valence-electron chi connectivity index (χ2n) is 4.19. The van der Waals surface area contributed by atoms with Gasteiger partial charge in [0.05, 0.1) is 13.7 Å². The summed E-state index contributed by atoms with van der Waals surface area (Å²) in [6.45, 7) is 8.03. The Hall–Kier alpha value is -1.38. The fourth-order valence-corrected chi connectivity index (χ4v) is 1.49. The van der Waals surface area contributed by atoms with E-state index in [1.807, 2.05) is 25.1 Å². The first kappa shape index (κ1) is 13.7. The number of anilines is 1. The molecule has 0 bridgehead atoms. The van der Waals surface area contributed by atoms with Crippen molar-refractivity contribution in [3.05, 3.63) is 18.2 Å². The summed E-state index contributed by atoms with van der Waals surface area (Å²) >= 11 is 0. The highest BCUT2D eigenvalue weighted by molar-refractivity contribution is 5.54. The Bertz CT molecular complexity index is 339. The Morgan fingerprint density at radius 2 is 2.00 bits per heavy atom. The van der Waals surface area contributed by atoms with Gasteiger partial charge in [0.2, 0.25) is 0 Å². The maximum Gasteiger partial charge on any atom is 0.162 e. The van der Waals surface area contributed by atoms with E-state index in [4.69, 9.17) is 9.47 Å². The van der Waals surface area contributed by atoms with Gasteiger partial charge in [-0.05, 0) is 25.0 Å². The van der Waals surface area contributed by atoms with Crippen LogP contribution in [0, 0.1) is 5.92 Å². The highest BCUT2D eigenvalue weighted by Gasteiger charge is 2.05. The highest BCUT2D eigenvalue weighted by Crippen LogP contribution is 2.30. The van der Waals surface area contributed by atoms with E-state index in [0.29, 0.717) is 12.5 Å². The van der Waals surface area contributed by atoms with Crippen molar-refractivity contribution >= 4 is 5.69 Å². The van der Waals surface area contributed by atoms with E-state index in [2.05, 4.69) is 19.2 Å². The van der Waals surface area contributed by atoms with Crippen molar-refractivity contribution in [2.45, 2.75) is 27.2 Å². The number of ether oxygens (including phenoxy) is 2. The van der Waals surface area contributed by atoms with Crippen molar-refractivity contribution in [2.24, 2.45) is 5.92 Å². The first-order chi connectivity index (χ1) is 8.21. The number of hydrogen-bond donors (Lipinski definition) is 1. The van der Waals surface area contributed by atoms with E-state index in [9.17, 15) is 0 Å². The summed E-state index contributed by atoms with van der Waals surface area (Å²) in [7, 11) is 1.66. The fraction of sp³-hybridized carbons (Fsp3) is 0.571. The minimum absolute atomic E-state index is 0.649. The van der Waals surface area contributed by atoms with Crippen LogP contribution in [0.5, 0.6) is 11.5 Å². The first-order valence-electron chi connectivity index (χ1n) is 6.25. The molecular weight excluding hydrogens is 214 g/mol. The Balaban J connectivity index is 2.68. The fourth-order valence-electron chi connectivity index (χ4n) is 1.49. The maximum atomic E-state index is 5.48. The number of methoxy groups -OCH3 is 1. The Kier molecular flexibility index (Phi) is 5.67. The predicted molar refractivity (Wildman–Crippen MR) is 72.1 cm³/mol. The van der Waals surface area contributed by atoms with Crippen LogP contribution < -0.4 is 14.8 Å². The van der Waals surface area contributed by atoms with Gasteiger partial charge >= 0.3 is 0 Å². The van der Waals surface area contributed by atoms with Gasteiger partial charge in [0.25, 0.3) is 0 Å². The standard InChI is InChI=1S/C14H23NO2/c1-5-11(3)10-15-12-7-8-13(17-6-2)14(9-12)16-4/h7-9,11,15H,5-6,10H2,1-4H3. The van der Waals surface area contributed by atoms with Crippen LogP contribution in [-0.4, -0.2) is 20.3 Å². The second kappa shape index (κ2) is 7.05. The third kappa shape index (κ3) is 4.17. The van der Waals surface area contributed by atoms with Gasteiger partial charge < -0.3 is 14.8 Å². The SMILES string of the molecule is CCOc1ccc(NCC(C)CC)cc1OC. The molecule has 0 aliphatic carbocycles. The second-order valence-corrected chi connectivity index (χ2v) is 4.19. The molecule has 1 rings (SSSR count). The van der Waals surface area contributed by atoms with Crippen LogP contribution in [0.1, 0.15) is 27.2 Å². The molecule has 0 amide bonds. The monoisotopic (exact) mass is 237 g/mol. The summed E-state index contributed by atoms with van der Waals surface area (Å²) in [5.74, 6) is 2.25. The molecule has 0 heterocycles. The molecule has 0 aliphatic rings. The molecule has 0 fully saturated rings. The number of nitrogens with one attached hydrogen (secondary N) is 1. The summed E-state index contributed by atoms with van der Waals surface area (Å²) in [6.07, 6.45) is 1.18. The van der Waals surface area contributed by atoms with E-state index >= 15 is 0 Å². The molecule has 0 aromatic heterocycles. The summed E-state index contributed by atoms with van der Waals surface area (Å²) in [6, 6.07) is 5.95. The first-order valence-corrected chi connectivity index (χ1v) is 6.25. The topological polar surface area (TPSA) is 30.5 Å². The molecule has 0 saturated carbocycles. The van der Waals surface area contributed by atoms with E-state index in [0.717, 1.165) is 23.7 Å². The van der Waals surface area contributed by atoms with Gasteiger partial charge in [0.1, 0.15) is 0 Å². The lowest BCUT2D eigenvalue weighted by Crippen LogP contribution is -2.10. The number of rotatable bonds is 7. The van der Waals surface area contributed by atoms with E-state index in [1.165, 1.54) is 6.42 Å². The van der Waals surface area contributed by atoms with E-state index in [-0.39, 0.29) is 0 Å². The quantitative estimate of drug-likeness (QED) is 0.786. The molecule has 0 saturated heterocycles. The molecule has 1 aromatic carbocycles. The summed E-state index contributed by atoms with van der Waals surface area (Å²) in [5, 5.41) is 3.40. The van der Waals surface area contributed by atoms with Gasteiger partial charge in [-0.2, -0.15) is 0 Å². The van der Waals surface area contributed by atoms with Crippen molar-refractivity contribution in [1.29, 1.82) is 0 Å². The largest absolute Gasteiger partial charge is 0.493 e. The van der Waals surface area contributed by atoms with Gasteiger partial charge in [-0.1, -0.05) is 20.3 Å². The lowest BCUT2D eigenvalue weighted by Gasteiger charge is -2.14. The molecule has 1 atom stereocenters. The van der Waals surface area contributed by atoms with Crippen molar-refractivity contribution in [2.75, 3.05) is 25.6 Å². The van der Waals surface area contributed by atoms with Gasteiger partial charge in [0.15, 0.2) is 11.5 Å². The molecule has 0 radical (unpaired) electrons. The van der Waals surface area contributed by atoms with Gasteiger partial charge in [-0.25, -0.2) is 0 Å². The lowest BCUT2D eigenvalue weighted by atomic mass is 10.1. The molecule has 1 unspecified atom stereocenters. The zero-order valence-electron chi connectivity index (χ0n) is 11.2. The average Bonchev–Trinajstić information content (AvgIpc) is 2.37. The lowest BCUT2D eigenvalue weighted by molar-refractivity contribution is 0.311. The normalized spacial score (nSPS) is 12.0. The predicted octanol–water partition coefficient (Wildman–Crippen LogP) is 3.55. The average molecular weight is 237 g/mol. The van der Waals surface area contributed by atoms with Crippen LogP contribution in [-0.2, 0) is 0 Å². The van der Waals surface area contributed by atoms with Gasteiger partial charge in [0, 0.05) is 18.3 Å². The molecule has 1 N–H and O–H groups in total. The molecule has 17 heavy (non-hydrogen) atoms. The third-order valence-electron chi connectivity index (χ3n) is 2.82. The minimum Gasteiger partial charge on any atom is -0.493 e. The third-order valence-corrected chi connectivity index (χ3v) is 2.82. The van der Waals surface area contributed by atoms with Crippen LogP contribution in [0.3, 0.4) is 0 Å². The highest BCUT2D eigenvalue weighted by atomic mass is 16.5. The Labute approximate surface area is 104 Å². The zero-order chi connectivity index (χ0) is 12.7. The summed E-state index contributed by atoms with van der Waals surface area (Å²) in [4.78, 5) is 0. The Morgan fingerprint density at radius 3 is 2.59 bits per heavy atom. The van der Waals surface area contributed by atoms with Crippen molar-refractivity contribution in [3.8, 4) is 11.5 Å². The molecule has 3 heteroatoms. The molecule has 0 spiro atoms. The molecule has 3 nitrogen and oxygen atoms in total. The zero-order valence-corrected chi connectivity index (χ0v) is 11.2. The molecule has 1 aromatic rings. The van der Waals surface area contributed by atoms with Gasteiger partial charge in [-0.15, -0.1) is 0 Å². The molecular formula is C14H23NO2. The van der Waals surface area contributed by atoms with Crippen LogP contribution in [0.4, 0.5) is 5.69 Å². The van der Waals surface area contributed by atoms with Crippen LogP contribution in [0.15, 0.2) is 18.2 Å². The van der Waals surface area contributed by atoms with E-state index in [1.54, 1.807) is 7.11 Å². The summed E-state index contributed by atoms with van der Waals surface area (Å²) < 4.78 is 10.8. The molecule has 96 valence electrons. The van der Waals surface area contributed by atoms with E-state index < -0.39 is 0 Å². The summed E-state index contributed by atoms with van der Waals surface area (Å²) in [5.41, 5.74) is 1.07. The molecule has 0 aliphatic heterocycles. The van der Waals surface area contributed by atoms with Crippen molar-refractivity contribution < 1.29 is 9.47 Å². The smallest absolute Gasteiger partial charge is 0.162 e. The van der Waals surface area contributed by atoms with Gasteiger partial charge in [-0.3, -0.25) is 0 Å². The Morgan fingerprint density at radius 1 is 1.24 bits per heavy atom. The number of hydrogen-bond acceptors (Lipinski definition) is 3. The van der Waals surface area contributed by atoms with Crippen LogP contribution in [0.25, 0.3) is 0 Å². The maximum absolute atomic E-state index is 5.48. The minimum atomic E-state index is 0.649. The number of benzene rings is 1. The van der Waals surface area contributed by atoms with Crippen LogP contribution in [0.2, 0.25) is 0 Å². The van der Waals surface area contributed by atoms with Crippen LogP contribution >= 0.6 is 0 Å².